The Kier molecular flexibility index (Phi) is 7.26. The summed E-state index contributed by atoms with van der Waals surface area (Å²) in [5.41, 5.74) is 0.704. The van der Waals surface area contributed by atoms with Gasteiger partial charge in [0.15, 0.2) is 6.10 Å². The second kappa shape index (κ2) is 9.44. The van der Waals surface area contributed by atoms with Crippen LogP contribution in [0.2, 0.25) is 0 Å². The van der Waals surface area contributed by atoms with Gasteiger partial charge in [-0.1, -0.05) is 6.07 Å². The van der Waals surface area contributed by atoms with Gasteiger partial charge in [0.05, 0.1) is 11.3 Å². The molecule has 2 rings (SSSR count). The number of ether oxygens (including phenoxy) is 1. The number of benzene rings is 1. The van der Waals surface area contributed by atoms with Crippen LogP contribution < -0.4 is 15.8 Å². The molecule has 0 radical (unpaired) electrons. The van der Waals surface area contributed by atoms with Crippen LogP contribution >= 0.6 is 11.3 Å². The Balaban J connectivity index is 1.80. The van der Waals surface area contributed by atoms with Crippen molar-refractivity contribution in [2.75, 3.05) is 11.9 Å². The molecule has 1 aromatic heterocycles. The van der Waals surface area contributed by atoms with E-state index in [0.29, 0.717) is 5.56 Å². The number of nitrogens with two attached hydrogens (primary N) is 1. The summed E-state index contributed by atoms with van der Waals surface area (Å²) in [6.07, 6.45) is -1.22. The highest BCUT2D eigenvalue weighted by Crippen LogP contribution is 2.14. The highest BCUT2D eigenvalue weighted by Gasteiger charge is 2.19. The van der Waals surface area contributed by atoms with E-state index in [0.717, 1.165) is 0 Å². The van der Waals surface area contributed by atoms with Crippen LogP contribution in [0.25, 0.3) is 0 Å². The molecule has 11 heteroatoms. The molecule has 0 aliphatic heterocycles. The van der Waals surface area contributed by atoms with Gasteiger partial charge < -0.3 is 15.4 Å². The van der Waals surface area contributed by atoms with E-state index in [-0.39, 0.29) is 29.5 Å². The minimum absolute atomic E-state index is 0.0677. The van der Waals surface area contributed by atoms with E-state index < -0.39 is 28.0 Å². The van der Waals surface area contributed by atoms with Gasteiger partial charge in [0, 0.05) is 23.2 Å². The molecule has 0 spiro atoms. The predicted octanol–water partition coefficient (Wildman–Crippen LogP) is 1.09. The van der Waals surface area contributed by atoms with Crippen molar-refractivity contribution < 1.29 is 27.5 Å². The standard InChI is InChI=1S/C17H19N3O6S2/c1-11(16(22)20-13-3-2-4-14(9-13)28(18,24)25)26-15(21)5-7-19-17(23)12-6-8-27-10-12/h2-4,6,8-11H,5,7H2,1H3,(H,19,23)(H,20,22)(H2,18,24,25). The number of anilines is 1. The summed E-state index contributed by atoms with van der Waals surface area (Å²) in [7, 11) is -3.90. The van der Waals surface area contributed by atoms with Crippen molar-refractivity contribution in [1.29, 1.82) is 0 Å². The molecule has 0 saturated heterocycles. The van der Waals surface area contributed by atoms with Crippen LogP contribution in [0.5, 0.6) is 0 Å². The predicted molar refractivity (Wildman–Crippen MR) is 103 cm³/mol. The zero-order valence-corrected chi connectivity index (χ0v) is 16.5. The lowest BCUT2D eigenvalue weighted by atomic mass is 10.3. The third-order valence-corrected chi connectivity index (χ3v) is 5.10. The van der Waals surface area contributed by atoms with Crippen molar-refractivity contribution in [3.8, 4) is 0 Å². The van der Waals surface area contributed by atoms with Crippen LogP contribution in [0.4, 0.5) is 5.69 Å². The second-order valence-electron chi connectivity index (χ2n) is 5.71. The smallest absolute Gasteiger partial charge is 0.308 e. The Labute approximate surface area is 165 Å². The molecule has 1 aromatic carbocycles. The van der Waals surface area contributed by atoms with Crippen molar-refractivity contribution in [2.45, 2.75) is 24.3 Å². The third kappa shape index (κ3) is 6.44. The zero-order valence-electron chi connectivity index (χ0n) is 14.9. The molecule has 0 aliphatic carbocycles. The van der Waals surface area contributed by atoms with Crippen LogP contribution in [0.1, 0.15) is 23.7 Å². The van der Waals surface area contributed by atoms with Gasteiger partial charge in [0.1, 0.15) is 0 Å². The molecule has 0 fully saturated rings. The largest absolute Gasteiger partial charge is 0.452 e. The molecule has 28 heavy (non-hydrogen) atoms. The summed E-state index contributed by atoms with van der Waals surface area (Å²) < 4.78 is 27.7. The number of nitrogens with one attached hydrogen (secondary N) is 2. The Hall–Kier alpha value is -2.76. The number of thiophene rings is 1. The number of rotatable bonds is 8. The first-order chi connectivity index (χ1) is 13.2. The average molecular weight is 425 g/mol. The van der Waals surface area contributed by atoms with Crippen molar-refractivity contribution in [3.63, 3.8) is 0 Å². The van der Waals surface area contributed by atoms with Crippen LogP contribution in [-0.2, 0) is 24.3 Å². The van der Waals surface area contributed by atoms with Crippen LogP contribution in [0.15, 0.2) is 46.0 Å². The van der Waals surface area contributed by atoms with E-state index >= 15 is 0 Å². The number of hydrogen-bond donors (Lipinski definition) is 3. The number of hydrogen-bond acceptors (Lipinski definition) is 7. The monoisotopic (exact) mass is 425 g/mol. The Bertz CT molecular complexity index is 957. The van der Waals surface area contributed by atoms with Gasteiger partial charge in [0.25, 0.3) is 11.8 Å². The van der Waals surface area contributed by atoms with E-state index in [1.165, 1.54) is 42.5 Å². The number of primary sulfonamides is 1. The van der Waals surface area contributed by atoms with E-state index in [4.69, 9.17) is 9.88 Å². The van der Waals surface area contributed by atoms with Crippen LogP contribution in [0, 0.1) is 0 Å². The molecule has 2 amide bonds. The van der Waals surface area contributed by atoms with Gasteiger partial charge in [-0.05, 0) is 36.6 Å². The molecule has 9 nitrogen and oxygen atoms in total. The van der Waals surface area contributed by atoms with Gasteiger partial charge in [-0.2, -0.15) is 11.3 Å². The molecular formula is C17H19N3O6S2. The molecule has 1 atom stereocenters. The zero-order chi connectivity index (χ0) is 20.7. The van der Waals surface area contributed by atoms with Crippen molar-refractivity contribution in [3.05, 3.63) is 46.7 Å². The SMILES string of the molecule is CC(OC(=O)CCNC(=O)c1ccsc1)C(=O)Nc1cccc(S(N)(=O)=O)c1. The summed E-state index contributed by atoms with van der Waals surface area (Å²) in [5.74, 6) is -1.59. The Morgan fingerprint density at radius 3 is 2.64 bits per heavy atom. The molecule has 1 heterocycles. The fourth-order valence-electron chi connectivity index (χ4n) is 2.08. The summed E-state index contributed by atoms with van der Waals surface area (Å²) >= 11 is 1.38. The number of amides is 2. The second-order valence-corrected chi connectivity index (χ2v) is 8.05. The van der Waals surface area contributed by atoms with E-state index in [1.54, 1.807) is 16.8 Å². The quantitative estimate of drug-likeness (QED) is 0.540. The van der Waals surface area contributed by atoms with E-state index in [2.05, 4.69) is 10.6 Å². The number of esters is 1. The van der Waals surface area contributed by atoms with Crippen molar-refractivity contribution in [1.82, 2.24) is 5.32 Å². The average Bonchev–Trinajstić information content (AvgIpc) is 3.15. The minimum Gasteiger partial charge on any atom is -0.452 e. The molecule has 2 aromatic rings. The number of carbonyl (C=O) groups excluding carboxylic acids is 3. The van der Waals surface area contributed by atoms with Gasteiger partial charge in [-0.3, -0.25) is 14.4 Å². The normalized spacial score (nSPS) is 12.1. The first-order valence-corrected chi connectivity index (χ1v) is 10.6. The highest BCUT2D eigenvalue weighted by molar-refractivity contribution is 7.89. The minimum atomic E-state index is -3.90. The molecule has 150 valence electrons. The molecule has 0 saturated carbocycles. The van der Waals surface area contributed by atoms with Crippen molar-refractivity contribution in [2.24, 2.45) is 5.14 Å². The molecular weight excluding hydrogens is 406 g/mol. The number of sulfonamides is 1. The first kappa shape index (κ1) is 21.5. The summed E-state index contributed by atoms with van der Waals surface area (Å²) in [4.78, 5) is 35.5. The lowest BCUT2D eigenvalue weighted by molar-refractivity contribution is -0.153. The van der Waals surface area contributed by atoms with Gasteiger partial charge in [0.2, 0.25) is 10.0 Å². The fraction of sp³-hybridized carbons (Fsp3) is 0.235. The highest BCUT2D eigenvalue weighted by atomic mass is 32.2. The third-order valence-electron chi connectivity index (χ3n) is 3.51. The molecule has 0 bridgehead atoms. The van der Waals surface area contributed by atoms with Crippen LogP contribution in [-0.4, -0.2) is 38.9 Å². The molecule has 0 aliphatic rings. The van der Waals surface area contributed by atoms with Gasteiger partial charge in [-0.25, -0.2) is 13.6 Å². The Morgan fingerprint density at radius 2 is 2.00 bits per heavy atom. The van der Waals surface area contributed by atoms with Gasteiger partial charge in [-0.15, -0.1) is 0 Å². The topological polar surface area (TPSA) is 145 Å². The summed E-state index contributed by atoms with van der Waals surface area (Å²) in [6.45, 7) is 1.44. The summed E-state index contributed by atoms with van der Waals surface area (Å²) in [6, 6.07) is 7.04. The van der Waals surface area contributed by atoms with E-state index in [1.807, 2.05) is 0 Å². The molecule has 4 N–H and O–H groups in total. The Morgan fingerprint density at radius 1 is 1.25 bits per heavy atom. The maximum absolute atomic E-state index is 12.1. The van der Waals surface area contributed by atoms with Gasteiger partial charge >= 0.3 is 5.97 Å². The maximum atomic E-state index is 12.1. The van der Waals surface area contributed by atoms with Crippen molar-refractivity contribution >= 4 is 44.8 Å². The summed E-state index contributed by atoms with van der Waals surface area (Å²) in [5, 5.41) is 13.5. The van der Waals surface area contributed by atoms with E-state index in [9.17, 15) is 22.8 Å². The lowest BCUT2D eigenvalue weighted by Gasteiger charge is -2.14. The lowest BCUT2D eigenvalue weighted by Crippen LogP contribution is -2.32. The number of carbonyl (C=O) groups is 3. The maximum Gasteiger partial charge on any atom is 0.308 e. The van der Waals surface area contributed by atoms with Crippen LogP contribution in [0.3, 0.4) is 0 Å². The first-order valence-electron chi connectivity index (χ1n) is 8.10. The fourth-order valence-corrected chi connectivity index (χ4v) is 3.27. The molecule has 1 unspecified atom stereocenters.